The van der Waals surface area contributed by atoms with E-state index < -0.39 is 0 Å². The van der Waals surface area contributed by atoms with E-state index >= 15 is 0 Å². The molecular formula is C28H30N2O4. The zero-order chi connectivity index (χ0) is 23.8. The molecule has 0 bridgehead atoms. The topological polar surface area (TPSA) is 54.7 Å². The second kappa shape index (κ2) is 11.3. The van der Waals surface area contributed by atoms with E-state index in [1.807, 2.05) is 79.7 Å². The van der Waals surface area contributed by atoms with E-state index in [-0.39, 0.29) is 0 Å². The van der Waals surface area contributed by atoms with Crippen LogP contribution in [0.5, 0.6) is 23.0 Å². The minimum Gasteiger partial charge on any atom is -0.493 e. The molecule has 0 atom stereocenters. The van der Waals surface area contributed by atoms with Crippen LogP contribution in [0.4, 0.5) is 0 Å². The number of imidazole rings is 1. The number of rotatable bonds is 11. The van der Waals surface area contributed by atoms with E-state index in [1.54, 1.807) is 14.2 Å². The minimum absolute atomic E-state index is 0.335. The molecule has 1 heterocycles. The summed E-state index contributed by atoms with van der Waals surface area (Å²) in [5, 5.41) is 0. The molecule has 0 radical (unpaired) electrons. The van der Waals surface area contributed by atoms with Crippen LogP contribution in [-0.2, 0) is 13.2 Å². The average molecular weight is 459 g/mol. The van der Waals surface area contributed by atoms with Gasteiger partial charge in [-0.1, -0.05) is 42.5 Å². The highest BCUT2D eigenvalue weighted by molar-refractivity contribution is 5.75. The molecule has 6 heteroatoms. The summed E-state index contributed by atoms with van der Waals surface area (Å²) in [5.41, 5.74) is 3.09. The Morgan fingerprint density at radius 3 is 2.35 bits per heavy atom. The predicted molar refractivity (Wildman–Crippen MR) is 135 cm³/mol. The summed E-state index contributed by atoms with van der Waals surface area (Å²) in [4.78, 5) is 4.82. The molecule has 34 heavy (non-hydrogen) atoms. The summed E-state index contributed by atoms with van der Waals surface area (Å²) in [5.74, 6) is 3.73. The SMILES string of the molecule is C/C=C\c1ccc(OCc2nc3ccccc3n2CCCOc2ccccc2OC)c(OC)c1. The highest BCUT2D eigenvalue weighted by atomic mass is 16.5. The molecule has 0 fully saturated rings. The summed E-state index contributed by atoms with van der Waals surface area (Å²) >= 11 is 0. The largest absolute Gasteiger partial charge is 0.493 e. The van der Waals surface area contributed by atoms with Gasteiger partial charge in [0.1, 0.15) is 12.4 Å². The van der Waals surface area contributed by atoms with E-state index in [2.05, 4.69) is 10.6 Å². The standard InChI is InChI=1S/C28H30N2O4/c1-4-10-21-15-16-26(27(19-21)32-3)34-20-28-29-22-11-5-6-12-23(22)30(28)17-9-18-33-25-14-8-7-13-24(25)31-2/h4-8,10-16,19H,9,17-18,20H2,1-3H3/b10-4-. The highest BCUT2D eigenvalue weighted by Gasteiger charge is 2.13. The smallest absolute Gasteiger partial charge is 0.161 e. The fourth-order valence-corrected chi connectivity index (χ4v) is 3.87. The first-order chi connectivity index (χ1) is 16.7. The molecule has 0 unspecified atom stereocenters. The number of aryl methyl sites for hydroxylation is 1. The van der Waals surface area contributed by atoms with Crippen LogP contribution in [0, 0.1) is 0 Å². The van der Waals surface area contributed by atoms with Crippen LogP contribution >= 0.6 is 0 Å². The van der Waals surface area contributed by atoms with E-state index in [0.717, 1.165) is 46.9 Å². The van der Waals surface area contributed by atoms with Crippen molar-refractivity contribution in [1.29, 1.82) is 0 Å². The monoisotopic (exact) mass is 458 g/mol. The number of methoxy groups -OCH3 is 2. The van der Waals surface area contributed by atoms with Crippen LogP contribution in [0.3, 0.4) is 0 Å². The third-order valence-corrected chi connectivity index (χ3v) is 5.49. The van der Waals surface area contributed by atoms with Crippen molar-refractivity contribution in [1.82, 2.24) is 9.55 Å². The lowest BCUT2D eigenvalue weighted by molar-refractivity contribution is 0.264. The maximum Gasteiger partial charge on any atom is 0.161 e. The fraction of sp³-hybridized carbons (Fsp3) is 0.250. The first kappa shape index (κ1) is 23.2. The average Bonchev–Trinajstić information content (AvgIpc) is 3.23. The van der Waals surface area contributed by atoms with E-state index in [9.17, 15) is 0 Å². The van der Waals surface area contributed by atoms with Crippen LogP contribution in [0.1, 0.15) is 24.7 Å². The number of nitrogens with zero attached hydrogens (tertiary/aromatic N) is 2. The number of hydrogen-bond acceptors (Lipinski definition) is 5. The highest BCUT2D eigenvalue weighted by Crippen LogP contribution is 2.30. The van der Waals surface area contributed by atoms with E-state index in [4.69, 9.17) is 23.9 Å². The molecule has 4 aromatic rings. The molecule has 0 spiro atoms. The lowest BCUT2D eigenvalue weighted by atomic mass is 10.2. The van der Waals surface area contributed by atoms with Crippen molar-refractivity contribution in [3.8, 4) is 23.0 Å². The number of ether oxygens (including phenoxy) is 4. The lowest BCUT2D eigenvalue weighted by Gasteiger charge is -2.14. The first-order valence-corrected chi connectivity index (χ1v) is 11.4. The van der Waals surface area contributed by atoms with Crippen LogP contribution in [0.2, 0.25) is 0 Å². The Morgan fingerprint density at radius 1 is 0.824 bits per heavy atom. The number of benzene rings is 3. The van der Waals surface area contributed by atoms with Gasteiger partial charge in [-0.25, -0.2) is 4.98 Å². The quantitative estimate of drug-likeness (QED) is 0.253. The molecule has 0 aliphatic carbocycles. The summed E-state index contributed by atoms with van der Waals surface area (Å²) < 4.78 is 25.2. The Morgan fingerprint density at radius 2 is 1.56 bits per heavy atom. The van der Waals surface area contributed by atoms with Gasteiger partial charge in [0.25, 0.3) is 0 Å². The van der Waals surface area contributed by atoms with E-state index in [0.29, 0.717) is 24.7 Å². The Balaban J connectivity index is 1.47. The van der Waals surface area contributed by atoms with Gasteiger partial charge in [-0.2, -0.15) is 0 Å². The normalized spacial score (nSPS) is 11.1. The fourth-order valence-electron chi connectivity index (χ4n) is 3.87. The number of allylic oxidation sites excluding steroid dienone is 1. The number of para-hydroxylation sites is 4. The summed E-state index contributed by atoms with van der Waals surface area (Å²) in [6.07, 6.45) is 4.83. The number of aromatic nitrogens is 2. The molecule has 0 saturated carbocycles. The molecular weight excluding hydrogens is 428 g/mol. The summed E-state index contributed by atoms with van der Waals surface area (Å²) in [6, 6.07) is 21.7. The molecule has 0 N–H and O–H groups in total. The second-order valence-corrected chi connectivity index (χ2v) is 7.72. The van der Waals surface area contributed by atoms with Crippen LogP contribution < -0.4 is 18.9 Å². The van der Waals surface area contributed by atoms with Gasteiger partial charge in [0.15, 0.2) is 23.0 Å². The van der Waals surface area contributed by atoms with Crippen molar-refractivity contribution in [2.24, 2.45) is 0 Å². The number of hydrogen-bond donors (Lipinski definition) is 0. The van der Waals surface area contributed by atoms with Crippen molar-refractivity contribution in [3.05, 3.63) is 84.2 Å². The maximum absolute atomic E-state index is 6.14. The Hall–Kier alpha value is -3.93. The molecule has 4 rings (SSSR count). The van der Waals surface area contributed by atoms with Gasteiger partial charge < -0.3 is 23.5 Å². The first-order valence-electron chi connectivity index (χ1n) is 11.4. The van der Waals surface area contributed by atoms with Gasteiger partial charge >= 0.3 is 0 Å². The van der Waals surface area contributed by atoms with Crippen LogP contribution in [-0.4, -0.2) is 30.4 Å². The summed E-state index contributed by atoms with van der Waals surface area (Å²) in [6.45, 7) is 3.64. The maximum atomic E-state index is 6.14. The second-order valence-electron chi connectivity index (χ2n) is 7.72. The minimum atomic E-state index is 0.335. The lowest BCUT2D eigenvalue weighted by Crippen LogP contribution is -2.10. The van der Waals surface area contributed by atoms with Crippen molar-refractivity contribution < 1.29 is 18.9 Å². The third kappa shape index (κ3) is 5.34. The molecule has 0 aliphatic rings. The van der Waals surface area contributed by atoms with E-state index in [1.165, 1.54) is 0 Å². The summed E-state index contributed by atoms with van der Waals surface area (Å²) in [7, 11) is 3.30. The molecule has 6 nitrogen and oxygen atoms in total. The van der Waals surface area contributed by atoms with Crippen LogP contribution in [0.15, 0.2) is 72.8 Å². The van der Waals surface area contributed by atoms with Crippen molar-refractivity contribution >= 4 is 17.1 Å². The molecule has 1 aromatic heterocycles. The predicted octanol–water partition coefficient (Wildman–Crippen LogP) is 6.13. The Bertz CT molecular complexity index is 1260. The molecule has 0 saturated heterocycles. The Labute approximate surface area is 200 Å². The zero-order valence-corrected chi connectivity index (χ0v) is 19.9. The van der Waals surface area contributed by atoms with Gasteiger partial charge in [0.2, 0.25) is 0 Å². The molecule has 176 valence electrons. The molecule has 3 aromatic carbocycles. The van der Waals surface area contributed by atoms with Crippen molar-refractivity contribution in [3.63, 3.8) is 0 Å². The van der Waals surface area contributed by atoms with Crippen molar-refractivity contribution in [2.75, 3.05) is 20.8 Å². The Kier molecular flexibility index (Phi) is 7.71. The van der Waals surface area contributed by atoms with Gasteiger partial charge in [-0.3, -0.25) is 0 Å². The van der Waals surface area contributed by atoms with Gasteiger partial charge in [-0.05, 0) is 55.3 Å². The number of fused-ring (bicyclic) bond motifs is 1. The molecule has 0 amide bonds. The van der Waals surface area contributed by atoms with Crippen LogP contribution in [0.25, 0.3) is 17.1 Å². The molecule has 0 aliphatic heterocycles. The van der Waals surface area contributed by atoms with Gasteiger partial charge in [-0.15, -0.1) is 0 Å². The van der Waals surface area contributed by atoms with Crippen molar-refractivity contribution in [2.45, 2.75) is 26.5 Å². The van der Waals surface area contributed by atoms with Gasteiger partial charge in [0, 0.05) is 6.54 Å². The zero-order valence-electron chi connectivity index (χ0n) is 19.9. The third-order valence-electron chi connectivity index (χ3n) is 5.49. The van der Waals surface area contributed by atoms with Gasteiger partial charge in [0.05, 0.1) is 31.9 Å².